The molecule has 2 saturated carbocycles. The highest BCUT2D eigenvalue weighted by atomic mass is 16.4. The second kappa shape index (κ2) is 6.46. The van der Waals surface area contributed by atoms with Crippen LogP contribution >= 0.6 is 0 Å². The zero-order valence-corrected chi connectivity index (χ0v) is 13.4. The second-order valence-corrected chi connectivity index (χ2v) is 7.34. The Balaban J connectivity index is 2.20. The van der Waals surface area contributed by atoms with Gasteiger partial charge in [0, 0.05) is 11.6 Å². The van der Waals surface area contributed by atoms with E-state index in [9.17, 15) is 9.90 Å². The molecule has 0 saturated heterocycles. The highest BCUT2D eigenvalue weighted by molar-refractivity contribution is 5.68. The summed E-state index contributed by atoms with van der Waals surface area (Å²) >= 11 is 0. The minimum Gasteiger partial charge on any atom is -0.481 e. The van der Waals surface area contributed by atoms with Crippen LogP contribution in [-0.4, -0.2) is 34.6 Å². The number of hydrogen-bond donors (Lipinski definition) is 1. The zero-order valence-electron chi connectivity index (χ0n) is 13.4. The van der Waals surface area contributed by atoms with Crippen molar-refractivity contribution in [1.82, 2.24) is 4.90 Å². The maximum Gasteiger partial charge on any atom is 0.305 e. The molecule has 2 unspecified atom stereocenters. The van der Waals surface area contributed by atoms with Gasteiger partial charge < -0.3 is 5.11 Å². The molecule has 2 rings (SSSR count). The molecule has 0 radical (unpaired) electrons. The number of aliphatic carboxylic acids is 1. The molecular formula is C17H31NO2. The van der Waals surface area contributed by atoms with Crippen LogP contribution in [0.5, 0.6) is 0 Å². The number of carboxylic acid groups (broad SMARTS) is 1. The third-order valence-electron chi connectivity index (χ3n) is 5.94. The van der Waals surface area contributed by atoms with Gasteiger partial charge in [0.05, 0.1) is 6.42 Å². The molecule has 0 aromatic carbocycles. The molecule has 0 spiro atoms. The van der Waals surface area contributed by atoms with Crippen molar-refractivity contribution in [2.75, 3.05) is 7.05 Å². The Hall–Kier alpha value is -0.570. The van der Waals surface area contributed by atoms with Crippen LogP contribution < -0.4 is 0 Å². The summed E-state index contributed by atoms with van der Waals surface area (Å²) < 4.78 is 0. The number of rotatable bonds is 4. The maximum atomic E-state index is 11.4. The quantitative estimate of drug-likeness (QED) is 0.849. The maximum absolute atomic E-state index is 11.4. The van der Waals surface area contributed by atoms with Gasteiger partial charge in [-0.15, -0.1) is 0 Å². The van der Waals surface area contributed by atoms with Crippen LogP contribution in [0.2, 0.25) is 0 Å². The van der Waals surface area contributed by atoms with Crippen LogP contribution in [0, 0.1) is 11.8 Å². The van der Waals surface area contributed by atoms with E-state index in [0.717, 1.165) is 12.8 Å². The molecule has 20 heavy (non-hydrogen) atoms. The zero-order chi connectivity index (χ0) is 14.8. The van der Waals surface area contributed by atoms with Gasteiger partial charge in [0.25, 0.3) is 0 Å². The minimum atomic E-state index is -0.630. The van der Waals surface area contributed by atoms with E-state index >= 15 is 0 Å². The fraction of sp³-hybridized carbons (Fsp3) is 0.941. The Bertz CT molecular complexity index is 326. The Kier molecular flexibility index (Phi) is 5.11. The van der Waals surface area contributed by atoms with Gasteiger partial charge in [-0.1, -0.05) is 39.5 Å². The summed E-state index contributed by atoms with van der Waals surface area (Å²) in [5.74, 6) is 0.752. The van der Waals surface area contributed by atoms with Gasteiger partial charge in [-0.3, -0.25) is 9.69 Å². The highest BCUT2D eigenvalue weighted by Gasteiger charge is 2.44. The summed E-state index contributed by atoms with van der Waals surface area (Å²) in [6, 6.07) is 0.557. The summed E-state index contributed by atoms with van der Waals surface area (Å²) in [7, 11) is 2.21. The molecular weight excluding hydrogens is 250 g/mol. The van der Waals surface area contributed by atoms with E-state index < -0.39 is 5.97 Å². The summed E-state index contributed by atoms with van der Waals surface area (Å²) in [4.78, 5) is 13.9. The Morgan fingerprint density at radius 1 is 1.10 bits per heavy atom. The summed E-state index contributed by atoms with van der Waals surface area (Å²) in [5.41, 5.74) is -0.0887. The normalized spacial score (nSPS) is 34.1. The predicted octanol–water partition coefficient (Wildman–Crippen LogP) is 3.92. The smallest absolute Gasteiger partial charge is 0.305 e. The topological polar surface area (TPSA) is 40.5 Å². The third kappa shape index (κ3) is 3.19. The van der Waals surface area contributed by atoms with Gasteiger partial charge in [0.15, 0.2) is 0 Å². The standard InChI is InChI=1S/C17H31NO2/c1-13-8-7-9-14(2)16(13)18(3)17(12-15(19)20)10-5-4-6-11-17/h13-14,16H,4-12H2,1-3H3,(H,19,20). The van der Waals surface area contributed by atoms with Crippen LogP contribution in [0.15, 0.2) is 0 Å². The summed E-state index contributed by atoms with van der Waals surface area (Å²) in [5, 5.41) is 9.38. The van der Waals surface area contributed by atoms with Gasteiger partial charge >= 0.3 is 5.97 Å². The summed E-state index contributed by atoms with van der Waals surface area (Å²) in [6.07, 6.45) is 10.0. The van der Waals surface area contributed by atoms with Crippen LogP contribution in [0.1, 0.15) is 71.6 Å². The van der Waals surface area contributed by atoms with Gasteiger partial charge in [-0.2, -0.15) is 0 Å². The Morgan fingerprint density at radius 3 is 2.15 bits per heavy atom. The molecule has 0 amide bonds. The monoisotopic (exact) mass is 281 g/mol. The number of carboxylic acids is 1. The van der Waals surface area contributed by atoms with Crippen LogP contribution in [-0.2, 0) is 4.79 Å². The molecule has 1 N–H and O–H groups in total. The van der Waals surface area contributed by atoms with Crippen LogP contribution in [0.3, 0.4) is 0 Å². The number of hydrogen-bond acceptors (Lipinski definition) is 2. The number of carbonyl (C=O) groups is 1. The van der Waals surface area contributed by atoms with Gasteiger partial charge in [0.1, 0.15) is 0 Å². The van der Waals surface area contributed by atoms with Crippen molar-refractivity contribution in [3.63, 3.8) is 0 Å². The van der Waals surface area contributed by atoms with E-state index in [1.165, 1.54) is 38.5 Å². The largest absolute Gasteiger partial charge is 0.481 e. The lowest BCUT2D eigenvalue weighted by molar-refractivity contribution is -0.142. The molecule has 2 aliphatic carbocycles. The molecule has 0 aliphatic heterocycles. The second-order valence-electron chi connectivity index (χ2n) is 7.34. The predicted molar refractivity (Wildman–Crippen MR) is 81.8 cm³/mol. The molecule has 3 nitrogen and oxygen atoms in total. The van der Waals surface area contributed by atoms with Gasteiger partial charge in [0.2, 0.25) is 0 Å². The first kappa shape index (κ1) is 15.8. The fourth-order valence-electron chi connectivity index (χ4n) is 4.89. The first-order chi connectivity index (χ1) is 9.46. The first-order valence-electron chi connectivity index (χ1n) is 8.41. The molecule has 3 heteroatoms. The molecule has 0 heterocycles. The molecule has 0 aromatic heterocycles. The van der Waals surface area contributed by atoms with Crippen molar-refractivity contribution in [3.05, 3.63) is 0 Å². The van der Waals surface area contributed by atoms with Crippen molar-refractivity contribution in [2.45, 2.75) is 83.2 Å². The average Bonchev–Trinajstić information content (AvgIpc) is 2.38. The molecule has 116 valence electrons. The molecule has 0 aromatic rings. The highest BCUT2D eigenvalue weighted by Crippen LogP contribution is 2.42. The van der Waals surface area contributed by atoms with Crippen LogP contribution in [0.4, 0.5) is 0 Å². The lowest BCUT2D eigenvalue weighted by atomic mass is 9.72. The Labute approximate surface area is 123 Å². The molecule has 2 atom stereocenters. The van der Waals surface area contributed by atoms with Crippen molar-refractivity contribution in [1.29, 1.82) is 0 Å². The van der Waals surface area contributed by atoms with Crippen molar-refractivity contribution >= 4 is 5.97 Å². The van der Waals surface area contributed by atoms with Crippen molar-refractivity contribution in [2.24, 2.45) is 11.8 Å². The Morgan fingerprint density at radius 2 is 1.65 bits per heavy atom. The summed E-state index contributed by atoms with van der Waals surface area (Å²) in [6.45, 7) is 4.71. The van der Waals surface area contributed by atoms with E-state index in [1.807, 2.05) is 0 Å². The molecule has 2 fully saturated rings. The fourth-order valence-corrected chi connectivity index (χ4v) is 4.89. The third-order valence-corrected chi connectivity index (χ3v) is 5.94. The lowest BCUT2D eigenvalue weighted by Gasteiger charge is -2.52. The van der Waals surface area contributed by atoms with Crippen molar-refractivity contribution < 1.29 is 9.90 Å². The SMILES string of the molecule is CC1CCCC(C)C1N(C)C1(CC(=O)O)CCCCC1. The lowest BCUT2D eigenvalue weighted by Crippen LogP contribution is -2.58. The van der Waals surface area contributed by atoms with E-state index in [0.29, 0.717) is 24.3 Å². The molecule has 2 aliphatic rings. The van der Waals surface area contributed by atoms with E-state index in [-0.39, 0.29) is 5.54 Å². The van der Waals surface area contributed by atoms with E-state index in [2.05, 4.69) is 25.8 Å². The van der Waals surface area contributed by atoms with Gasteiger partial charge in [-0.05, 0) is 44.6 Å². The van der Waals surface area contributed by atoms with Gasteiger partial charge in [-0.25, -0.2) is 0 Å². The minimum absolute atomic E-state index is 0.0887. The van der Waals surface area contributed by atoms with Crippen LogP contribution in [0.25, 0.3) is 0 Å². The first-order valence-corrected chi connectivity index (χ1v) is 8.41. The van der Waals surface area contributed by atoms with E-state index in [4.69, 9.17) is 0 Å². The van der Waals surface area contributed by atoms with Crippen molar-refractivity contribution in [3.8, 4) is 0 Å². The van der Waals surface area contributed by atoms with E-state index in [1.54, 1.807) is 0 Å². The molecule has 0 bridgehead atoms. The average molecular weight is 281 g/mol. The number of nitrogens with zero attached hydrogens (tertiary/aromatic N) is 1.